The van der Waals surface area contributed by atoms with E-state index >= 15 is 0 Å². The van der Waals surface area contributed by atoms with Gasteiger partial charge in [0.1, 0.15) is 0 Å². The van der Waals surface area contributed by atoms with Crippen molar-refractivity contribution in [3.8, 4) is 0 Å². The van der Waals surface area contributed by atoms with Gasteiger partial charge < -0.3 is 5.11 Å². The van der Waals surface area contributed by atoms with Gasteiger partial charge in [-0.2, -0.15) is 0 Å². The summed E-state index contributed by atoms with van der Waals surface area (Å²) in [7, 11) is 2.14. The summed E-state index contributed by atoms with van der Waals surface area (Å²) < 4.78 is 0. The van der Waals surface area contributed by atoms with Gasteiger partial charge in [-0.05, 0) is 44.0 Å². The molecular formula is C16H21Cl2NO. The molecular weight excluding hydrogens is 293 g/mol. The van der Waals surface area contributed by atoms with Crippen molar-refractivity contribution < 1.29 is 5.11 Å². The predicted molar refractivity (Wildman–Crippen MR) is 83.4 cm³/mol. The van der Waals surface area contributed by atoms with Crippen LogP contribution in [0, 0.1) is 5.92 Å². The van der Waals surface area contributed by atoms with Crippen molar-refractivity contribution in [3.63, 3.8) is 0 Å². The SMILES string of the molecule is CN1CC[C@@]2(O)CCCC[C@@H]2[C@@H]1c1ccc(Cl)c(Cl)c1. The first kappa shape index (κ1) is 14.6. The van der Waals surface area contributed by atoms with Crippen LogP contribution in [-0.4, -0.2) is 29.2 Å². The summed E-state index contributed by atoms with van der Waals surface area (Å²) in [6.07, 6.45) is 5.25. The third-order valence-electron chi connectivity index (χ3n) is 5.10. The van der Waals surface area contributed by atoms with Gasteiger partial charge in [0.2, 0.25) is 0 Å². The van der Waals surface area contributed by atoms with Gasteiger partial charge in [0.25, 0.3) is 0 Å². The molecule has 0 amide bonds. The van der Waals surface area contributed by atoms with Crippen LogP contribution >= 0.6 is 23.2 Å². The lowest BCUT2D eigenvalue weighted by Gasteiger charge is -2.51. The third-order valence-corrected chi connectivity index (χ3v) is 5.84. The summed E-state index contributed by atoms with van der Waals surface area (Å²) in [5.74, 6) is 0.298. The number of aliphatic hydroxyl groups is 1. The highest BCUT2D eigenvalue weighted by molar-refractivity contribution is 6.42. The van der Waals surface area contributed by atoms with Gasteiger partial charge in [-0.25, -0.2) is 0 Å². The van der Waals surface area contributed by atoms with E-state index in [4.69, 9.17) is 23.2 Å². The summed E-state index contributed by atoms with van der Waals surface area (Å²) in [4.78, 5) is 2.35. The normalized spacial score (nSPS) is 34.8. The molecule has 1 aliphatic heterocycles. The standard InChI is InChI=1S/C16H21Cl2NO/c1-19-9-8-16(20)7-3-2-4-12(16)15(19)11-5-6-13(17)14(18)10-11/h5-6,10,12,15,20H,2-4,7-9H2,1H3/t12-,15+,16+/m1/s1. The minimum Gasteiger partial charge on any atom is -0.389 e. The molecule has 1 N–H and O–H groups in total. The van der Waals surface area contributed by atoms with Gasteiger partial charge in [0.15, 0.2) is 0 Å². The zero-order valence-corrected chi connectivity index (χ0v) is 13.3. The molecule has 0 aromatic heterocycles. The zero-order chi connectivity index (χ0) is 14.3. The third kappa shape index (κ3) is 2.48. The Balaban J connectivity index is 1.97. The van der Waals surface area contributed by atoms with E-state index in [9.17, 15) is 5.11 Å². The number of benzene rings is 1. The van der Waals surface area contributed by atoms with Gasteiger partial charge in [-0.15, -0.1) is 0 Å². The Labute approximate surface area is 130 Å². The Bertz CT molecular complexity index is 507. The molecule has 1 aromatic rings. The van der Waals surface area contributed by atoms with E-state index in [1.165, 1.54) is 12.0 Å². The highest BCUT2D eigenvalue weighted by atomic mass is 35.5. The number of hydrogen-bond acceptors (Lipinski definition) is 2. The van der Waals surface area contributed by atoms with Crippen LogP contribution in [0.15, 0.2) is 18.2 Å². The van der Waals surface area contributed by atoms with Crippen LogP contribution in [0.4, 0.5) is 0 Å². The number of hydrogen-bond donors (Lipinski definition) is 1. The Kier molecular flexibility index (Phi) is 4.02. The second-order valence-corrected chi connectivity index (χ2v) is 7.12. The van der Waals surface area contributed by atoms with Crippen LogP contribution < -0.4 is 0 Å². The number of fused-ring (bicyclic) bond motifs is 1. The van der Waals surface area contributed by atoms with Crippen molar-refractivity contribution in [2.75, 3.05) is 13.6 Å². The van der Waals surface area contributed by atoms with Crippen LogP contribution in [-0.2, 0) is 0 Å². The van der Waals surface area contributed by atoms with Crippen molar-refractivity contribution in [3.05, 3.63) is 33.8 Å². The lowest BCUT2D eigenvalue weighted by molar-refractivity contribution is -0.118. The molecule has 110 valence electrons. The molecule has 2 nitrogen and oxygen atoms in total. The molecule has 0 radical (unpaired) electrons. The molecule has 3 rings (SSSR count). The lowest BCUT2D eigenvalue weighted by Crippen LogP contribution is -2.53. The summed E-state index contributed by atoms with van der Waals surface area (Å²) in [5.41, 5.74) is 0.675. The van der Waals surface area contributed by atoms with Gasteiger partial charge >= 0.3 is 0 Å². The van der Waals surface area contributed by atoms with Crippen molar-refractivity contribution in [1.29, 1.82) is 0 Å². The minimum atomic E-state index is -0.498. The minimum absolute atomic E-state index is 0.240. The zero-order valence-electron chi connectivity index (χ0n) is 11.8. The van der Waals surface area contributed by atoms with Crippen LogP contribution in [0.25, 0.3) is 0 Å². The van der Waals surface area contributed by atoms with Crippen LogP contribution in [0.3, 0.4) is 0 Å². The highest BCUT2D eigenvalue weighted by Gasteiger charge is 2.47. The van der Waals surface area contributed by atoms with E-state index in [-0.39, 0.29) is 6.04 Å². The number of likely N-dealkylation sites (tertiary alicyclic amines) is 1. The van der Waals surface area contributed by atoms with E-state index in [1.54, 1.807) is 0 Å². The van der Waals surface area contributed by atoms with Crippen LogP contribution in [0.2, 0.25) is 10.0 Å². The monoisotopic (exact) mass is 313 g/mol. The Hall–Kier alpha value is -0.280. The van der Waals surface area contributed by atoms with Crippen molar-refractivity contribution in [2.24, 2.45) is 5.92 Å². The molecule has 20 heavy (non-hydrogen) atoms. The molecule has 0 bridgehead atoms. The average molecular weight is 314 g/mol. The van der Waals surface area contributed by atoms with E-state index in [0.29, 0.717) is 16.0 Å². The van der Waals surface area contributed by atoms with Crippen LogP contribution in [0.1, 0.15) is 43.7 Å². The molecule has 2 fully saturated rings. The van der Waals surface area contributed by atoms with E-state index in [0.717, 1.165) is 32.2 Å². The molecule has 1 saturated carbocycles. The van der Waals surface area contributed by atoms with E-state index < -0.39 is 5.60 Å². The maximum atomic E-state index is 11.0. The fourth-order valence-corrected chi connectivity index (χ4v) is 4.32. The molecule has 4 heteroatoms. The van der Waals surface area contributed by atoms with Gasteiger partial charge in [-0.3, -0.25) is 4.90 Å². The van der Waals surface area contributed by atoms with Gasteiger partial charge in [0.05, 0.1) is 15.6 Å². The fourth-order valence-electron chi connectivity index (χ4n) is 4.01. The molecule has 2 aliphatic rings. The quantitative estimate of drug-likeness (QED) is 0.836. The van der Waals surface area contributed by atoms with E-state index in [1.807, 2.05) is 12.1 Å². The summed E-state index contributed by atoms with van der Waals surface area (Å²) in [6, 6.07) is 6.12. The molecule has 0 unspecified atom stereocenters. The lowest BCUT2D eigenvalue weighted by atomic mass is 9.66. The number of piperidine rings is 1. The first-order chi connectivity index (χ1) is 9.51. The maximum Gasteiger partial charge on any atom is 0.0706 e. The average Bonchev–Trinajstić information content (AvgIpc) is 2.43. The van der Waals surface area contributed by atoms with E-state index in [2.05, 4.69) is 18.0 Å². The highest BCUT2D eigenvalue weighted by Crippen LogP contribution is 2.49. The van der Waals surface area contributed by atoms with Crippen molar-refractivity contribution in [1.82, 2.24) is 4.90 Å². The summed E-state index contributed by atoms with van der Waals surface area (Å²) in [5, 5.41) is 12.2. The topological polar surface area (TPSA) is 23.5 Å². The predicted octanol–water partition coefficient (Wildman–Crippen LogP) is 4.29. The van der Waals surface area contributed by atoms with Crippen LogP contribution in [0.5, 0.6) is 0 Å². The van der Waals surface area contributed by atoms with Gasteiger partial charge in [-0.1, -0.05) is 42.1 Å². The second-order valence-electron chi connectivity index (χ2n) is 6.30. The maximum absolute atomic E-state index is 11.0. The molecule has 3 atom stereocenters. The summed E-state index contributed by atoms with van der Waals surface area (Å²) >= 11 is 12.2. The molecule has 1 saturated heterocycles. The molecule has 1 aromatic carbocycles. The van der Waals surface area contributed by atoms with Crippen molar-refractivity contribution >= 4 is 23.2 Å². The number of halogens is 2. The number of nitrogens with zero attached hydrogens (tertiary/aromatic N) is 1. The molecule has 1 aliphatic carbocycles. The second kappa shape index (κ2) is 5.49. The summed E-state index contributed by atoms with van der Waals surface area (Å²) in [6.45, 7) is 0.928. The van der Waals surface area contributed by atoms with Gasteiger partial charge in [0, 0.05) is 18.5 Å². The number of rotatable bonds is 1. The smallest absolute Gasteiger partial charge is 0.0706 e. The Morgan fingerprint density at radius 1 is 1.20 bits per heavy atom. The molecule has 0 spiro atoms. The first-order valence-corrected chi connectivity index (χ1v) is 8.14. The Morgan fingerprint density at radius 2 is 2.00 bits per heavy atom. The largest absolute Gasteiger partial charge is 0.389 e. The Morgan fingerprint density at radius 3 is 2.75 bits per heavy atom. The molecule has 1 heterocycles. The van der Waals surface area contributed by atoms with Crippen molar-refractivity contribution in [2.45, 2.75) is 43.7 Å². The first-order valence-electron chi connectivity index (χ1n) is 7.39. The fraction of sp³-hybridized carbons (Fsp3) is 0.625.